The molecule has 1 aromatic carbocycles. The molecule has 0 spiro atoms. The maximum absolute atomic E-state index is 11.6. The lowest BCUT2D eigenvalue weighted by atomic mass is 10.1. The lowest BCUT2D eigenvalue weighted by Crippen LogP contribution is -2.49. The Bertz CT molecular complexity index is 814. The highest BCUT2D eigenvalue weighted by Gasteiger charge is 2.23. The van der Waals surface area contributed by atoms with Gasteiger partial charge in [-0.2, -0.15) is 0 Å². The van der Waals surface area contributed by atoms with Crippen molar-refractivity contribution in [3.63, 3.8) is 0 Å². The monoisotopic (exact) mass is 513 g/mol. The zero-order chi connectivity index (χ0) is 19.9. The van der Waals surface area contributed by atoms with Crippen molar-refractivity contribution in [3.8, 4) is 11.3 Å². The summed E-state index contributed by atoms with van der Waals surface area (Å²) in [4.78, 5) is 21.9. The van der Waals surface area contributed by atoms with Crippen LogP contribution in [0.3, 0.4) is 0 Å². The topological polar surface area (TPSA) is 92.0 Å². The van der Waals surface area contributed by atoms with Gasteiger partial charge in [-0.1, -0.05) is 29.8 Å². The summed E-state index contributed by atoms with van der Waals surface area (Å²) in [5.41, 5.74) is 2.21. The van der Waals surface area contributed by atoms with E-state index in [1.807, 2.05) is 24.3 Å². The number of hydrogen-bond acceptors (Lipinski definition) is 5. The Labute approximate surface area is 188 Å². The normalized spacial score (nSPS) is 14.9. The van der Waals surface area contributed by atoms with Gasteiger partial charge in [-0.3, -0.25) is 4.99 Å². The van der Waals surface area contributed by atoms with Gasteiger partial charge in [0.05, 0.1) is 19.9 Å². The van der Waals surface area contributed by atoms with Crippen molar-refractivity contribution in [2.24, 2.45) is 4.99 Å². The third-order valence-corrected chi connectivity index (χ3v) is 4.79. The van der Waals surface area contributed by atoms with Crippen molar-refractivity contribution >= 4 is 36.0 Å². The van der Waals surface area contributed by atoms with Crippen LogP contribution in [0.15, 0.2) is 39.9 Å². The molecule has 158 valence electrons. The molecular formula is C20H28IN5O3. The molecule has 1 fully saturated rings. The Kier molecular flexibility index (Phi) is 8.74. The zero-order valence-electron chi connectivity index (χ0n) is 17.0. The first kappa shape index (κ1) is 23.0. The lowest BCUT2D eigenvalue weighted by Gasteiger charge is -2.32. The van der Waals surface area contributed by atoms with E-state index < -0.39 is 0 Å². The average Bonchev–Trinajstić information content (AvgIpc) is 3.20. The number of aliphatic imine (C=N–C) groups is 1. The molecule has 2 N–H and O–H groups in total. The highest BCUT2D eigenvalue weighted by Crippen LogP contribution is 2.20. The van der Waals surface area contributed by atoms with Crippen LogP contribution in [0.1, 0.15) is 24.3 Å². The second-order valence-electron chi connectivity index (χ2n) is 6.79. The Hall–Kier alpha value is -2.30. The minimum absolute atomic E-state index is 0. The summed E-state index contributed by atoms with van der Waals surface area (Å²) in [5.74, 6) is 2.03. The number of ether oxygens (including phenoxy) is 1. The van der Waals surface area contributed by atoms with E-state index in [9.17, 15) is 4.79 Å². The molecule has 0 saturated carbocycles. The van der Waals surface area contributed by atoms with Gasteiger partial charge >= 0.3 is 6.09 Å². The second kappa shape index (κ2) is 11.0. The zero-order valence-corrected chi connectivity index (χ0v) is 19.3. The maximum Gasteiger partial charge on any atom is 0.409 e. The van der Waals surface area contributed by atoms with Crippen molar-refractivity contribution < 1.29 is 13.9 Å². The first-order valence-electron chi connectivity index (χ1n) is 9.41. The molecule has 2 heterocycles. The molecule has 0 aliphatic carbocycles. The van der Waals surface area contributed by atoms with Crippen LogP contribution in [0, 0.1) is 6.92 Å². The van der Waals surface area contributed by atoms with Crippen LogP contribution in [-0.2, 0) is 11.3 Å². The van der Waals surface area contributed by atoms with Crippen LogP contribution >= 0.6 is 24.0 Å². The first-order valence-corrected chi connectivity index (χ1v) is 9.41. The molecule has 8 nitrogen and oxygen atoms in total. The summed E-state index contributed by atoms with van der Waals surface area (Å²) in [6, 6.07) is 8.39. The smallest absolute Gasteiger partial charge is 0.409 e. The number of aromatic nitrogens is 1. The van der Waals surface area contributed by atoms with Gasteiger partial charge in [0.25, 0.3) is 0 Å². The molecule has 1 saturated heterocycles. The van der Waals surface area contributed by atoms with E-state index >= 15 is 0 Å². The predicted molar refractivity (Wildman–Crippen MR) is 122 cm³/mol. The van der Waals surface area contributed by atoms with Gasteiger partial charge in [-0.05, 0) is 19.8 Å². The van der Waals surface area contributed by atoms with Crippen LogP contribution < -0.4 is 10.6 Å². The van der Waals surface area contributed by atoms with Crippen molar-refractivity contribution in [3.05, 3.63) is 41.9 Å². The first-order chi connectivity index (χ1) is 13.6. The highest BCUT2D eigenvalue weighted by molar-refractivity contribution is 14.0. The third-order valence-electron chi connectivity index (χ3n) is 4.79. The quantitative estimate of drug-likeness (QED) is 0.371. The number of halogens is 1. The standard InChI is InChI=1S/C20H27N5O3.HI/c1-14-4-6-15(7-5-14)17-12-22-18(28-17)13-23-19(21-2)24-16-8-10-25(11-9-16)20(26)27-3;/h4-7,12,16H,8-11,13H2,1-3H3,(H2,21,23,24);1H. The van der Waals surface area contributed by atoms with Gasteiger partial charge in [0.1, 0.15) is 0 Å². The van der Waals surface area contributed by atoms with Crippen LogP contribution in [0.4, 0.5) is 4.79 Å². The van der Waals surface area contributed by atoms with E-state index in [0.717, 1.165) is 24.2 Å². The molecule has 0 atom stereocenters. The van der Waals surface area contributed by atoms with Crippen LogP contribution in [0.2, 0.25) is 0 Å². The molecule has 0 unspecified atom stereocenters. The van der Waals surface area contributed by atoms with Crippen molar-refractivity contribution in [1.29, 1.82) is 0 Å². The highest BCUT2D eigenvalue weighted by atomic mass is 127. The summed E-state index contributed by atoms with van der Waals surface area (Å²) >= 11 is 0. The SMILES string of the molecule is CN=C(NCc1ncc(-c2ccc(C)cc2)o1)NC1CCN(C(=O)OC)CC1.I. The number of oxazole rings is 1. The molecule has 3 rings (SSSR count). The number of piperidine rings is 1. The van der Waals surface area contributed by atoms with E-state index in [2.05, 4.69) is 27.5 Å². The van der Waals surface area contributed by atoms with Crippen molar-refractivity contribution in [2.45, 2.75) is 32.4 Å². The van der Waals surface area contributed by atoms with Crippen molar-refractivity contribution in [2.75, 3.05) is 27.2 Å². The van der Waals surface area contributed by atoms with Crippen LogP contribution in [0.25, 0.3) is 11.3 Å². The van der Waals surface area contributed by atoms with Crippen LogP contribution in [0.5, 0.6) is 0 Å². The molecular weight excluding hydrogens is 485 g/mol. The molecule has 29 heavy (non-hydrogen) atoms. The number of amides is 1. The molecule has 1 amide bonds. The average molecular weight is 513 g/mol. The fourth-order valence-corrected chi connectivity index (χ4v) is 3.13. The fourth-order valence-electron chi connectivity index (χ4n) is 3.13. The van der Waals surface area contributed by atoms with Crippen molar-refractivity contribution in [1.82, 2.24) is 20.5 Å². The van der Waals surface area contributed by atoms with E-state index in [1.54, 1.807) is 18.1 Å². The number of methoxy groups -OCH3 is 1. The number of guanidine groups is 1. The Morgan fingerprint density at radius 2 is 2.00 bits per heavy atom. The third kappa shape index (κ3) is 6.34. The summed E-state index contributed by atoms with van der Waals surface area (Å²) in [6.07, 6.45) is 3.15. The summed E-state index contributed by atoms with van der Waals surface area (Å²) < 4.78 is 10.6. The number of likely N-dealkylation sites (tertiary alicyclic amines) is 1. The molecule has 1 aromatic heterocycles. The number of rotatable bonds is 4. The minimum Gasteiger partial charge on any atom is -0.453 e. The summed E-state index contributed by atoms with van der Waals surface area (Å²) in [5, 5.41) is 6.62. The number of carbonyl (C=O) groups excluding carboxylic acids is 1. The number of carbonyl (C=O) groups is 1. The molecule has 0 radical (unpaired) electrons. The summed E-state index contributed by atoms with van der Waals surface area (Å²) in [6.45, 7) is 3.83. The van der Waals surface area contributed by atoms with Gasteiger partial charge in [0.2, 0.25) is 5.89 Å². The van der Waals surface area contributed by atoms with Gasteiger partial charge in [0.15, 0.2) is 11.7 Å². The van der Waals surface area contributed by atoms with E-state index in [0.29, 0.717) is 31.5 Å². The molecule has 1 aliphatic rings. The predicted octanol–water partition coefficient (Wildman–Crippen LogP) is 3.16. The number of aryl methyl sites for hydroxylation is 1. The molecule has 9 heteroatoms. The lowest BCUT2D eigenvalue weighted by molar-refractivity contribution is 0.111. The second-order valence-corrected chi connectivity index (χ2v) is 6.79. The number of nitrogens with zero attached hydrogens (tertiary/aromatic N) is 3. The van der Waals surface area contributed by atoms with E-state index in [4.69, 9.17) is 9.15 Å². The summed E-state index contributed by atoms with van der Waals surface area (Å²) in [7, 11) is 3.14. The number of nitrogens with one attached hydrogen (secondary N) is 2. The van der Waals surface area contributed by atoms with Gasteiger partial charge in [-0.15, -0.1) is 24.0 Å². The fraction of sp³-hybridized carbons (Fsp3) is 0.450. The molecule has 1 aliphatic heterocycles. The Morgan fingerprint density at radius 1 is 1.31 bits per heavy atom. The molecule has 0 bridgehead atoms. The number of benzene rings is 1. The van der Waals surface area contributed by atoms with Gasteiger partial charge in [-0.25, -0.2) is 9.78 Å². The largest absolute Gasteiger partial charge is 0.453 e. The minimum atomic E-state index is -0.269. The number of hydrogen-bond donors (Lipinski definition) is 2. The molecule has 2 aromatic rings. The van der Waals surface area contributed by atoms with Gasteiger partial charge in [0, 0.05) is 31.7 Å². The maximum atomic E-state index is 11.6. The Balaban J connectivity index is 0.00000300. The Morgan fingerprint density at radius 3 is 2.62 bits per heavy atom. The van der Waals surface area contributed by atoms with Crippen LogP contribution in [-0.4, -0.2) is 55.2 Å². The van der Waals surface area contributed by atoms with E-state index in [-0.39, 0.29) is 36.1 Å². The van der Waals surface area contributed by atoms with E-state index in [1.165, 1.54) is 12.7 Å². The van der Waals surface area contributed by atoms with Gasteiger partial charge < -0.3 is 24.7 Å².